The molecule has 0 aliphatic rings. The van der Waals surface area contributed by atoms with Gasteiger partial charge in [-0.2, -0.15) is 5.10 Å². The van der Waals surface area contributed by atoms with Crippen molar-refractivity contribution in [2.45, 2.75) is 13.5 Å². The topological polar surface area (TPSA) is 68.2 Å². The van der Waals surface area contributed by atoms with Crippen molar-refractivity contribution in [3.63, 3.8) is 0 Å². The first-order valence-electron chi connectivity index (χ1n) is 8.65. The van der Waals surface area contributed by atoms with E-state index in [1.165, 1.54) is 12.1 Å². The van der Waals surface area contributed by atoms with E-state index in [9.17, 15) is 9.18 Å². The quantitative estimate of drug-likeness (QED) is 0.482. The Hall–Kier alpha value is -3.26. The van der Waals surface area contributed by atoms with Crippen LogP contribution in [-0.4, -0.2) is 27.5 Å². The summed E-state index contributed by atoms with van der Waals surface area (Å²) in [6.07, 6.45) is 3.42. The molecule has 0 bridgehead atoms. The zero-order chi connectivity index (χ0) is 19.9. The Morgan fingerprint density at radius 1 is 1.18 bits per heavy atom. The van der Waals surface area contributed by atoms with E-state index in [4.69, 9.17) is 17.0 Å². The molecule has 3 aromatic rings. The summed E-state index contributed by atoms with van der Waals surface area (Å²) in [5.41, 5.74) is 2.73. The van der Waals surface area contributed by atoms with E-state index in [0.717, 1.165) is 11.3 Å². The van der Waals surface area contributed by atoms with E-state index in [1.807, 2.05) is 6.07 Å². The molecule has 0 atom stereocenters. The van der Waals surface area contributed by atoms with Crippen LogP contribution in [-0.2, 0) is 11.3 Å². The molecule has 144 valence electrons. The van der Waals surface area contributed by atoms with Gasteiger partial charge in [0.2, 0.25) is 0 Å². The molecular formula is C20H19FN4O2S. The second-order valence-electron chi connectivity index (χ2n) is 5.93. The third-order valence-electron chi connectivity index (χ3n) is 3.78. The fourth-order valence-corrected chi connectivity index (χ4v) is 2.77. The van der Waals surface area contributed by atoms with E-state index in [-0.39, 0.29) is 11.8 Å². The number of halogens is 1. The number of esters is 1. The van der Waals surface area contributed by atoms with Crippen molar-refractivity contribution in [3.8, 4) is 0 Å². The Bertz CT molecular complexity index is 972. The first-order chi connectivity index (χ1) is 13.5. The number of hydrogen-bond acceptors (Lipinski definition) is 4. The number of anilines is 2. The van der Waals surface area contributed by atoms with Crippen LogP contribution in [0.1, 0.15) is 22.8 Å². The zero-order valence-corrected chi connectivity index (χ0v) is 16.0. The van der Waals surface area contributed by atoms with Gasteiger partial charge in [0.05, 0.1) is 30.6 Å². The van der Waals surface area contributed by atoms with Gasteiger partial charge in [-0.3, -0.25) is 4.68 Å². The fraction of sp³-hybridized carbons (Fsp3) is 0.150. The molecule has 28 heavy (non-hydrogen) atoms. The standard InChI is InChI=1S/C20H19FN4O2S/c1-2-27-19(26)15-6-8-17(9-7-15)23-20(28)24-18-11-22-25(13-18)12-14-4-3-5-16(21)10-14/h3-11,13H,2,12H2,1H3,(H2,23,24,28). The second kappa shape index (κ2) is 9.09. The largest absolute Gasteiger partial charge is 0.462 e. The van der Waals surface area contributed by atoms with Crippen molar-refractivity contribution < 1.29 is 13.9 Å². The Balaban J connectivity index is 1.55. The van der Waals surface area contributed by atoms with Gasteiger partial charge < -0.3 is 15.4 Å². The lowest BCUT2D eigenvalue weighted by Crippen LogP contribution is -2.18. The van der Waals surface area contributed by atoms with E-state index in [0.29, 0.717) is 29.5 Å². The SMILES string of the molecule is CCOC(=O)c1ccc(NC(=S)Nc2cnn(Cc3cccc(F)c3)c2)cc1. The number of aromatic nitrogens is 2. The number of rotatable bonds is 6. The minimum atomic E-state index is -0.361. The monoisotopic (exact) mass is 398 g/mol. The van der Waals surface area contributed by atoms with Gasteiger partial charge in [0.1, 0.15) is 5.82 Å². The molecule has 0 amide bonds. The van der Waals surface area contributed by atoms with Crippen LogP contribution in [0.15, 0.2) is 60.9 Å². The summed E-state index contributed by atoms with van der Waals surface area (Å²) >= 11 is 5.30. The van der Waals surface area contributed by atoms with E-state index >= 15 is 0 Å². The Kier molecular flexibility index (Phi) is 6.33. The van der Waals surface area contributed by atoms with Gasteiger partial charge in [-0.05, 0) is 61.1 Å². The molecule has 2 aromatic carbocycles. The molecule has 3 rings (SSSR count). The third-order valence-corrected chi connectivity index (χ3v) is 3.98. The van der Waals surface area contributed by atoms with Crippen molar-refractivity contribution in [2.75, 3.05) is 17.2 Å². The van der Waals surface area contributed by atoms with Gasteiger partial charge >= 0.3 is 5.97 Å². The van der Waals surface area contributed by atoms with Gasteiger partial charge in [-0.15, -0.1) is 0 Å². The second-order valence-corrected chi connectivity index (χ2v) is 6.34. The minimum absolute atomic E-state index is 0.276. The number of thiocarbonyl (C=S) groups is 1. The number of nitrogens with one attached hydrogen (secondary N) is 2. The molecule has 0 radical (unpaired) electrons. The van der Waals surface area contributed by atoms with Gasteiger partial charge in [0.15, 0.2) is 5.11 Å². The highest BCUT2D eigenvalue weighted by Crippen LogP contribution is 2.13. The minimum Gasteiger partial charge on any atom is -0.462 e. The molecular weight excluding hydrogens is 379 g/mol. The molecule has 6 nitrogen and oxygen atoms in total. The molecule has 0 spiro atoms. The normalized spacial score (nSPS) is 10.4. The molecule has 8 heteroatoms. The first-order valence-corrected chi connectivity index (χ1v) is 9.06. The summed E-state index contributed by atoms with van der Waals surface area (Å²) in [6, 6.07) is 13.2. The summed E-state index contributed by atoms with van der Waals surface area (Å²) in [5, 5.41) is 10.7. The van der Waals surface area contributed by atoms with Crippen LogP contribution in [0.25, 0.3) is 0 Å². The van der Waals surface area contributed by atoms with Crippen LogP contribution in [0.2, 0.25) is 0 Å². The summed E-state index contributed by atoms with van der Waals surface area (Å²) in [5.74, 6) is -0.636. The van der Waals surface area contributed by atoms with Gasteiger partial charge in [-0.25, -0.2) is 9.18 Å². The molecule has 0 saturated heterocycles. The van der Waals surface area contributed by atoms with Gasteiger partial charge in [-0.1, -0.05) is 12.1 Å². The Morgan fingerprint density at radius 2 is 1.93 bits per heavy atom. The predicted molar refractivity (Wildman–Crippen MR) is 110 cm³/mol. The molecule has 0 saturated carbocycles. The van der Waals surface area contributed by atoms with Crippen molar-refractivity contribution in [1.29, 1.82) is 0 Å². The molecule has 1 aromatic heterocycles. The summed E-state index contributed by atoms with van der Waals surface area (Å²) in [6.45, 7) is 2.55. The van der Waals surface area contributed by atoms with Crippen molar-refractivity contribution >= 4 is 34.7 Å². The van der Waals surface area contributed by atoms with Crippen molar-refractivity contribution in [1.82, 2.24) is 9.78 Å². The fourth-order valence-electron chi connectivity index (χ4n) is 2.53. The maximum Gasteiger partial charge on any atom is 0.338 e. The summed E-state index contributed by atoms with van der Waals surface area (Å²) in [4.78, 5) is 11.7. The molecule has 0 fully saturated rings. The maximum absolute atomic E-state index is 13.3. The van der Waals surface area contributed by atoms with Crippen LogP contribution in [0.4, 0.5) is 15.8 Å². The third kappa shape index (κ3) is 5.37. The van der Waals surface area contributed by atoms with Crippen LogP contribution in [0, 0.1) is 5.82 Å². The molecule has 0 unspecified atom stereocenters. The number of carbonyl (C=O) groups excluding carboxylic acids is 1. The van der Waals surface area contributed by atoms with Crippen LogP contribution < -0.4 is 10.6 Å². The lowest BCUT2D eigenvalue weighted by Gasteiger charge is -2.09. The molecule has 1 heterocycles. The molecule has 0 aliphatic heterocycles. The van der Waals surface area contributed by atoms with E-state index < -0.39 is 0 Å². The highest BCUT2D eigenvalue weighted by Gasteiger charge is 2.07. The number of hydrogen-bond donors (Lipinski definition) is 2. The predicted octanol–water partition coefficient (Wildman–Crippen LogP) is 4.06. The molecule has 0 aliphatic carbocycles. The first kappa shape index (κ1) is 19.5. The lowest BCUT2D eigenvalue weighted by molar-refractivity contribution is 0.0526. The van der Waals surface area contributed by atoms with Crippen molar-refractivity contribution in [2.24, 2.45) is 0 Å². The van der Waals surface area contributed by atoms with Crippen molar-refractivity contribution in [3.05, 3.63) is 77.9 Å². The van der Waals surface area contributed by atoms with E-state index in [2.05, 4.69) is 15.7 Å². The smallest absolute Gasteiger partial charge is 0.338 e. The Labute approximate surface area is 167 Å². The average molecular weight is 398 g/mol. The number of nitrogens with zero attached hydrogens (tertiary/aromatic N) is 2. The summed E-state index contributed by atoms with van der Waals surface area (Å²) in [7, 11) is 0. The summed E-state index contributed by atoms with van der Waals surface area (Å²) < 4.78 is 19.9. The molecule has 2 N–H and O–H groups in total. The number of ether oxygens (including phenoxy) is 1. The number of benzene rings is 2. The van der Waals surface area contributed by atoms with Crippen LogP contribution in [0.5, 0.6) is 0 Å². The van der Waals surface area contributed by atoms with Crippen LogP contribution in [0.3, 0.4) is 0 Å². The highest BCUT2D eigenvalue weighted by atomic mass is 32.1. The van der Waals surface area contributed by atoms with Gasteiger partial charge in [0.25, 0.3) is 0 Å². The maximum atomic E-state index is 13.3. The Morgan fingerprint density at radius 3 is 2.64 bits per heavy atom. The lowest BCUT2D eigenvalue weighted by atomic mass is 10.2. The van der Waals surface area contributed by atoms with E-state index in [1.54, 1.807) is 54.3 Å². The van der Waals surface area contributed by atoms with Gasteiger partial charge in [0, 0.05) is 11.9 Å². The van der Waals surface area contributed by atoms with Crippen LogP contribution >= 0.6 is 12.2 Å². The average Bonchev–Trinajstić information content (AvgIpc) is 3.09. The zero-order valence-electron chi connectivity index (χ0n) is 15.2. The highest BCUT2D eigenvalue weighted by molar-refractivity contribution is 7.80. The number of carbonyl (C=O) groups is 1.